The highest BCUT2D eigenvalue weighted by Crippen LogP contribution is 2.41. The van der Waals surface area contributed by atoms with Gasteiger partial charge in [0.25, 0.3) is 0 Å². The van der Waals surface area contributed by atoms with Gasteiger partial charge in [0.15, 0.2) is 0 Å². The number of ether oxygens (including phenoxy) is 1. The van der Waals surface area contributed by atoms with Gasteiger partial charge in [-0.2, -0.15) is 18.4 Å². The van der Waals surface area contributed by atoms with E-state index in [0.29, 0.717) is 12.8 Å². The van der Waals surface area contributed by atoms with Gasteiger partial charge in [0, 0.05) is 11.3 Å². The number of carbonyl (C=O) groups excluding carboxylic acids is 2. The molecule has 1 aliphatic rings. The third kappa shape index (κ3) is 5.06. The van der Waals surface area contributed by atoms with Crippen molar-refractivity contribution in [2.75, 3.05) is 11.9 Å². The molecule has 0 fully saturated rings. The number of alkyl halides is 3. The number of amides is 1. The maximum Gasteiger partial charge on any atom is 0.441 e. The molecule has 0 saturated heterocycles. The Labute approximate surface area is 177 Å². The van der Waals surface area contributed by atoms with Crippen molar-refractivity contribution in [2.24, 2.45) is 5.92 Å². The van der Waals surface area contributed by atoms with Gasteiger partial charge in [0.2, 0.25) is 5.91 Å². The Hall–Kier alpha value is -2.28. The Morgan fingerprint density at radius 3 is 2.47 bits per heavy atom. The summed E-state index contributed by atoms with van der Waals surface area (Å²) in [6, 6.07) is 1.98. The molecule has 1 atom stereocenters. The number of nitrogens with one attached hydrogen (secondary N) is 2. The predicted octanol–water partition coefficient (Wildman–Crippen LogP) is 4.28. The first-order chi connectivity index (χ1) is 14.1. The minimum absolute atomic E-state index is 0.0837. The summed E-state index contributed by atoms with van der Waals surface area (Å²) >= 11 is 1.03. The molecular weight excluding hydrogens is 419 g/mol. The molecule has 1 aliphatic carbocycles. The maximum absolute atomic E-state index is 14.3. The standard InChI is InChI=1S/C20H26F3N3O3S/c1-4-29-18(28)19(20(21,22)23,25-16(27)10-12(2)3)26-17-14(11-24)13-8-6-5-7-9-15(13)30-17/h12,26H,4-10H2,1-3H3,(H,25,27)/t19-/m0/s1. The fraction of sp³-hybridized carbons (Fsp3) is 0.650. The monoisotopic (exact) mass is 445 g/mol. The molecule has 0 saturated carbocycles. The summed E-state index contributed by atoms with van der Waals surface area (Å²) in [5.41, 5.74) is -2.67. The van der Waals surface area contributed by atoms with E-state index in [1.54, 1.807) is 13.8 Å². The fourth-order valence-corrected chi connectivity index (χ4v) is 4.68. The van der Waals surface area contributed by atoms with E-state index in [-0.39, 0.29) is 29.5 Å². The van der Waals surface area contributed by atoms with Crippen molar-refractivity contribution < 1.29 is 27.5 Å². The van der Waals surface area contributed by atoms with Crippen molar-refractivity contribution in [3.63, 3.8) is 0 Å². The zero-order chi connectivity index (χ0) is 22.5. The number of aryl methyl sites for hydroxylation is 1. The Morgan fingerprint density at radius 2 is 1.90 bits per heavy atom. The van der Waals surface area contributed by atoms with Crippen molar-refractivity contribution in [1.82, 2.24) is 5.32 Å². The number of hydrogen-bond acceptors (Lipinski definition) is 6. The molecule has 0 aliphatic heterocycles. The molecule has 0 aromatic carbocycles. The lowest BCUT2D eigenvalue weighted by atomic mass is 10.0. The topological polar surface area (TPSA) is 91.2 Å². The minimum Gasteiger partial charge on any atom is -0.463 e. The van der Waals surface area contributed by atoms with Gasteiger partial charge < -0.3 is 15.4 Å². The lowest BCUT2D eigenvalue weighted by Gasteiger charge is -2.35. The van der Waals surface area contributed by atoms with Crippen LogP contribution in [0, 0.1) is 17.2 Å². The summed E-state index contributed by atoms with van der Waals surface area (Å²) in [6.07, 6.45) is -1.46. The summed E-state index contributed by atoms with van der Waals surface area (Å²) < 4.78 is 47.5. The Balaban J connectivity index is 2.55. The largest absolute Gasteiger partial charge is 0.463 e. The Bertz CT molecular complexity index is 830. The number of esters is 1. The summed E-state index contributed by atoms with van der Waals surface area (Å²) in [6.45, 7) is 4.43. The van der Waals surface area contributed by atoms with E-state index in [4.69, 9.17) is 4.74 Å². The van der Waals surface area contributed by atoms with Crippen LogP contribution in [0.3, 0.4) is 0 Å². The van der Waals surface area contributed by atoms with Crippen LogP contribution in [0.4, 0.5) is 18.2 Å². The highest BCUT2D eigenvalue weighted by Gasteiger charge is 2.64. The first kappa shape index (κ1) is 24.0. The number of anilines is 1. The van der Waals surface area contributed by atoms with E-state index in [2.05, 4.69) is 5.32 Å². The van der Waals surface area contributed by atoms with Crippen LogP contribution in [-0.2, 0) is 27.2 Å². The lowest BCUT2D eigenvalue weighted by molar-refractivity contribution is -0.207. The minimum atomic E-state index is -5.21. The van der Waals surface area contributed by atoms with Crippen LogP contribution >= 0.6 is 11.3 Å². The van der Waals surface area contributed by atoms with E-state index >= 15 is 0 Å². The Kier molecular flexibility index (Phi) is 7.75. The van der Waals surface area contributed by atoms with E-state index in [1.165, 1.54) is 6.92 Å². The molecule has 166 valence electrons. The summed E-state index contributed by atoms with van der Waals surface area (Å²) in [5, 5.41) is 13.6. The second-order valence-electron chi connectivity index (χ2n) is 7.62. The first-order valence-electron chi connectivity index (χ1n) is 9.93. The number of thiophene rings is 1. The van der Waals surface area contributed by atoms with Crippen molar-refractivity contribution in [3.05, 3.63) is 16.0 Å². The first-order valence-corrected chi connectivity index (χ1v) is 10.7. The molecule has 2 rings (SSSR count). The number of nitriles is 1. The number of rotatable bonds is 7. The number of carbonyl (C=O) groups is 2. The zero-order valence-electron chi connectivity index (χ0n) is 17.2. The van der Waals surface area contributed by atoms with Gasteiger partial charge in [-0.3, -0.25) is 4.79 Å². The third-order valence-electron chi connectivity index (χ3n) is 4.76. The molecule has 2 N–H and O–H groups in total. The second-order valence-corrected chi connectivity index (χ2v) is 8.72. The SMILES string of the molecule is CCOC(=O)[C@](NC(=O)CC(C)C)(Nc1sc2c(c1C#N)CCCCC2)C(F)(F)F. The van der Waals surface area contributed by atoms with Crippen LogP contribution in [0.5, 0.6) is 0 Å². The van der Waals surface area contributed by atoms with E-state index in [0.717, 1.165) is 41.0 Å². The van der Waals surface area contributed by atoms with Crippen LogP contribution in [-0.4, -0.2) is 30.3 Å². The lowest BCUT2D eigenvalue weighted by Crippen LogP contribution is -2.69. The van der Waals surface area contributed by atoms with E-state index in [9.17, 15) is 28.0 Å². The second kappa shape index (κ2) is 9.69. The van der Waals surface area contributed by atoms with Gasteiger partial charge in [-0.15, -0.1) is 11.3 Å². The molecule has 0 radical (unpaired) electrons. The number of nitrogens with zero attached hydrogens (tertiary/aromatic N) is 1. The molecular formula is C20H26F3N3O3S. The van der Waals surface area contributed by atoms with Gasteiger partial charge in [0.1, 0.15) is 11.1 Å². The molecule has 0 spiro atoms. The normalized spacial score (nSPS) is 16.1. The molecule has 30 heavy (non-hydrogen) atoms. The molecule has 1 heterocycles. The van der Waals surface area contributed by atoms with Gasteiger partial charge in [-0.05, 0) is 44.1 Å². The van der Waals surface area contributed by atoms with Crippen molar-refractivity contribution in [3.8, 4) is 6.07 Å². The molecule has 0 bridgehead atoms. The van der Waals surface area contributed by atoms with Gasteiger partial charge in [0.05, 0.1) is 12.2 Å². The predicted molar refractivity (Wildman–Crippen MR) is 107 cm³/mol. The molecule has 1 aromatic heterocycles. The average molecular weight is 446 g/mol. The number of fused-ring (bicyclic) bond motifs is 1. The highest BCUT2D eigenvalue weighted by molar-refractivity contribution is 7.16. The van der Waals surface area contributed by atoms with Crippen LogP contribution in [0.1, 0.15) is 62.5 Å². The average Bonchev–Trinajstić information content (AvgIpc) is 2.79. The molecule has 6 nitrogen and oxygen atoms in total. The number of halogens is 3. The third-order valence-corrected chi connectivity index (χ3v) is 5.97. The van der Waals surface area contributed by atoms with Crippen LogP contribution in [0.25, 0.3) is 0 Å². The van der Waals surface area contributed by atoms with Crippen LogP contribution < -0.4 is 10.6 Å². The van der Waals surface area contributed by atoms with Gasteiger partial charge in [-0.25, -0.2) is 4.79 Å². The molecule has 1 aromatic rings. The fourth-order valence-electron chi connectivity index (χ4n) is 3.38. The molecule has 10 heteroatoms. The zero-order valence-corrected chi connectivity index (χ0v) is 18.1. The summed E-state index contributed by atoms with van der Waals surface area (Å²) in [5.74, 6) is -2.83. The molecule has 1 amide bonds. The Morgan fingerprint density at radius 1 is 1.23 bits per heavy atom. The quantitative estimate of drug-likeness (QED) is 0.371. The van der Waals surface area contributed by atoms with Crippen molar-refractivity contribution in [1.29, 1.82) is 5.26 Å². The highest BCUT2D eigenvalue weighted by atomic mass is 32.1. The van der Waals surface area contributed by atoms with E-state index in [1.807, 2.05) is 11.4 Å². The molecule has 0 unspecified atom stereocenters. The maximum atomic E-state index is 14.3. The smallest absolute Gasteiger partial charge is 0.441 e. The summed E-state index contributed by atoms with van der Waals surface area (Å²) in [7, 11) is 0. The number of hydrogen-bond donors (Lipinski definition) is 2. The van der Waals surface area contributed by atoms with Crippen molar-refractivity contribution in [2.45, 2.75) is 71.1 Å². The van der Waals surface area contributed by atoms with Crippen molar-refractivity contribution >= 4 is 28.2 Å². The van der Waals surface area contributed by atoms with Gasteiger partial charge in [-0.1, -0.05) is 20.3 Å². The van der Waals surface area contributed by atoms with E-state index < -0.39 is 23.7 Å². The summed E-state index contributed by atoms with van der Waals surface area (Å²) in [4.78, 5) is 25.7. The van der Waals surface area contributed by atoms with Crippen LogP contribution in [0.2, 0.25) is 0 Å². The van der Waals surface area contributed by atoms with Gasteiger partial charge >= 0.3 is 17.8 Å². The van der Waals surface area contributed by atoms with Crippen LogP contribution in [0.15, 0.2) is 0 Å².